The lowest BCUT2D eigenvalue weighted by atomic mass is 10.1. The van der Waals surface area contributed by atoms with Crippen LogP contribution in [0.2, 0.25) is 0 Å². The van der Waals surface area contributed by atoms with Crippen LogP contribution in [0.5, 0.6) is 5.75 Å². The van der Waals surface area contributed by atoms with Crippen molar-refractivity contribution in [3.63, 3.8) is 0 Å². The van der Waals surface area contributed by atoms with Crippen LogP contribution in [0.3, 0.4) is 0 Å². The molecule has 186 valence electrons. The zero-order valence-corrected chi connectivity index (χ0v) is 20.8. The van der Waals surface area contributed by atoms with Crippen LogP contribution in [0, 0.1) is 5.82 Å². The van der Waals surface area contributed by atoms with E-state index in [-0.39, 0.29) is 17.8 Å². The minimum absolute atomic E-state index is 0.0822. The molecule has 1 aliphatic heterocycles. The number of hydrogen-bond acceptors (Lipinski definition) is 7. The number of methoxy groups -OCH3 is 1. The van der Waals surface area contributed by atoms with Crippen molar-refractivity contribution in [2.45, 2.75) is 32.2 Å². The number of likely N-dealkylation sites (tertiary alicyclic amines) is 1. The Balaban J connectivity index is 1.63. The molecule has 0 bridgehead atoms. The molecule has 1 unspecified atom stereocenters. The number of pyridine rings is 1. The smallest absolute Gasteiger partial charge is 0.222 e. The summed E-state index contributed by atoms with van der Waals surface area (Å²) in [6.45, 7) is 2.28. The Morgan fingerprint density at radius 2 is 2.03 bits per heavy atom. The Kier molecular flexibility index (Phi) is 6.26. The van der Waals surface area contributed by atoms with E-state index in [0.717, 1.165) is 5.56 Å². The van der Waals surface area contributed by atoms with E-state index >= 15 is 4.39 Å². The second-order valence-corrected chi connectivity index (χ2v) is 8.95. The largest absolute Gasteiger partial charge is 0.497 e. The van der Waals surface area contributed by atoms with Crippen LogP contribution in [0.15, 0.2) is 42.9 Å². The molecule has 1 atom stereocenters. The van der Waals surface area contributed by atoms with E-state index in [4.69, 9.17) is 14.7 Å². The number of carbonyl (C=O) groups excluding carboxylic acids is 1. The van der Waals surface area contributed by atoms with Gasteiger partial charge in [-0.15, -0.1) is 0 Å². The number of ether oxygens (including phenoxy) is 1. The quantitative estimate of drug-likeness (QED) is 0.389. The molecule has 0 radical (unpaired) electrons. The highest BCUT2D eigenvalue weighted by atomic mass is 19.1. The SMILES string of the molecule is CCc1cc(OC)cc(N(CC2CCC(=O)N2C)c2ccc3ncc(-c4cnn(C)c4)nc3n2)c1F. The maximum Gasteiger partial charge on any atom is 0.222 e. The van der Waals surface area contributed by atoms with Gasteiger partial charge in [-0.3, -0.25) is 14.5 Å². The third kappa shape index (κ3) is 4.34. The molecule has 10 heteroatoms. The number of nitrogens with zero attached hydrogens (tertiary/aromatic N) is 7. The summed E-state index contributed by atoms with van der Waals surface area (Å²) in [5.74, 6) is 0.826. The molecule has 3 aromatic heterocycles. The van der Waals surface area contributed by atoms with Gasteiger partial charge in [-0.05, 0) is 36.6 Å². The predicted molar refractivity (Wildman–Crippen MR) is 135 cm³/mol. The Labute approximate surface area is 208 Å². The summed E-state index contributed by atoms with van der Waals surface area (Å²) in [6, 6.07) is 6.93. The standard InChI is InChI=1S/C26H28FN7O2/c1-5-16-10-19(36-4)11-22(25(16)27)34(15-18-6-9-24(35)33(18)3)23-8-7-20-26(31-23)30-21(13-28-20)17-12-29-32(2)14-17/h7-8,10-14,18H,5-6,9,15H2,1-4H3. The first-order chi connectivity index (χ1) is 17.4. The summed E-state index contributed by atoms with van der Waals surface area (Å²) in [4.78, 5) is 29.8. The maximum atomic E-state index is 15.7. The van der Waals surface area contributed by atoms with Crippen molar-refractivity contribution in [2.75, 3.05) is 25.6 Å². The number of aryl methyl sites for hydroxylation is 2. The molecule has 4 heterocycles. The molecule has 0 N–H and O–H groups in total. The highest BCUT2D eigenvalue weighted by Gasteiger charge is 2.31. The van der Waals surface area contributed by atoms with Gasteiger partial charge in [0.1, 0.15) is 22.9 Å². The lowest BCUT2D eigenvalue weighted by Crippen LogP contribution is -2.38. The van der Waals surface area contributed by atoms with Gasteiger partial charge in [0.25, 0.3) is 0 Å². The van der Waals surface area contributed by atoms with E-state index in [1.54, 1.807) is 48.3 Å². The summed E-state index contributed by atoms with van der Waals surface area (Å²) in [7, 11) is 5.19. The first-order valence-corrected chi connectivity index (χ1v) is 11.9. The Morgan fingerprint density at radius 1 is 1.19 bits per heavy atom. The van der Waals surface area contributed by atoms with E-state index in [1.807, 2.05) is 37.2 Å². The van der Waals surface area contributed by atoms with Crippen LogP contribution in [-0.4, -0.2) is 62.3 Å². The number of likely N-dealkylation sites (N-methyl/N-ethyl adjacent to an activating group) is 1. The van der Waals surface area contributed by atoms with Gasteiger partial charge in [0.15, 0.2) is 5.65 Å². The molecule has 1 aliphatic rings. The Morgan fingerprint density at radius 3 is 2.69 bits per heavy atom. The first-order valence-electron chi connectivity index (χ1n) is 11.9. The molecule has 5 rings (SSSR count). The van der Waals surface area contributed by atoms with Crippen molar-refractivity contribution in [1.29, 1.82) is 0 Å². The molecule has 1 aromatic carbocycles. The normalized spacial score (nSPS) is 15.6. The van der Waals surface area contributed by atoms with Crippen molar-refractivity contribution >= 4 is 28.6 Å². The molecule has 4 aromatic rings. The van der Waals surface area contributed by atoms with Crippen LogP contribution in [0.4, 0.5) is 15.9 Å². The van der Waals surface area contributed by atoms with E-state index < -0.39 is 0 Å². The second kappa shape index (κ2) is 9.52. The van der Waals surface area contributed by atoms with E-state index in [9.17, 15) is 4.79 Å². The van der Waals surface area contributed by atoms with Crippen LogP contribution >= 0.6 is 0 Å². The van der Waals surface area contributed by atoms with Gasteiger partial charge in [0, 0.05) is 50.9 Å². The monoisotopic (exact) mass is 489 g/mol. The molecule has 1 amide bonds. The van der Waals surface area contributed by atoms with Crippen LogP contribution < -0.4 is 9.64 Å². The van der Waals surface area contributed by atoms with Crippen molar-refractivity contribution in [1.82, 2.24) is 29.6 Å². The first kappa shape index (κ1) is 23.7. The molecular weight excluding hydrogens is 461 g/mol. The lowest BCUT2D eigenvalue weighted by molar-refractivity contribution is -0.127. The molecule has 0 spiro atoms. The molecule has 36 heavy (non-hydrogen) atoms. The number of amides is 1. The van der Waals surface area contributed by atoms with Crippen LogP contribution in [0.1, 0.15) is 25.3 Å². The Bertz CT molecular complexity index is 1440. The van der Waals surface area contributed by atoms with Crippen LogP contribution in [-0.2, 0) is 18.3 Å². The van der Waals surface area contributed by atoms with Crippen molar-refractivity contribution < 1.29 is 13.9 Å². The number of aromatic nitrogens is 5. The summed E-state index contributed by atoms with van der Waals surface area (Å²) >= 11 is 0. The fraction of sp³-hybridized carbons (Fsp3) is 0.346. The zero-order valence-electron chi connectivity index (χ0n) is 20.8. The third-order valence-electron chi connectivity index (χ3n) is 6.70. The minimum atomic E-state index is -0.331. The van der Waals surface area contributed by atoms with E-state index in [1.165, 1.54) is 0 Å². The molecule has 0 aliphatic carbocycles. The van der Waals surface area contributed by atoms with Gasteiger partial charge in [0.05, 0.1) is 30.9 Å². The molecule has 1 saturated heterocycles. The summed E-state index contributed by atoms with van der Waals surface area (Å²) in [5.41, 5.74) is 3.43. The third-order valence-corrected chi connectivity index (χ3v) is 6.70. The second-order valence-electron chi connectivity index (χ2n) is 8.95. The molecular formula is C26H28FN7O2. The van der Waals surface area contributed by atoms with Crippen molar-refractivity contribution in [3.05, 3.63) is 54.2 Å². The van der Waals surface area contributed by atoms with Crippen LogP contribution in [0.25, 0.3) is 22.4 Å². The van der Waals surface area contributed by atoms with Gasteiger partial charge in [-0.25, -0.2) is 14.4 Å². The van der Waals surface area contributed by atoms with Gasteiger partial charge < -0.3 is 14.5 Å². The number of benzene rings is 1. The van der Waals surface area contributed by atoms with E-state index in [2.05, 4.69) is 10.1 Å². The summed E-state index contributed by atoms with van der Waals surface area (Å²) in [6.07, 6.45) is 6.94. The molecule has 9 nitrogen and oxygen atoms in total. The number of anilines is 2. The Hall–Kier alpha value is -4.08. The van der Waals surface area contributed by atoms with Gasteiger partial charge in [-0.1, -0.05) is 6.92 Å². The topological polar surface area (TPSA) is 89.3 Å². The summed E-state index contributed by atoms with van der Waals surface area (Å²) < 4.78 is 22.9. The van der Waals surface area contributed by atoms with Gasteiger partial charge >= 0.3 is 0 Å². The van der Waals surface area contributed by atoms with E-state index in [0.29, 0.717) is 65.5 Å². The highest BCUT2D eigenvalue weighted by molar-refractivity contribution is 5.79. The lowest BCUT2D eigenvalue weighted by Gasteiger charge is -2.31. The number of carbonyl (C=O) groups is 1. The predicted octanol–water partition coefficient (Wildman–Crippen LogP) is 3.89. The molecule has 0 saturated carbocycles. The summed E-state index contributed by atoms with van der Waals surface area (Å²) in [5, 5.41) is 4.21. The number of rotatable bonds is 7. The zero-order chi connectivity index (χ0) is 25.4. The fourth-order valence-corrected chi connectivity index (χ4v) is 4.55. The maximum absolute atomic E-state index is 15.7. The number of halogens is 1. The average molecular weight is 490 g/mol. The number of fused-ring (bicyclic) bond motifs is 1. The van der Waals surface area contributed by atoms with Gasteiger partial charge in [-0.2, -0.15) is 5.10 Å². The number of hydrogen-bond donors (Lipinski definition) is 0. The minimum Gasteiger partial charge on any atom is -0.497 e. The van der Waals surface area contributed by atoms with Gasteiger partial charge in [0.2, 0.25) is 5.91 Å². The van der Waals surface area contributed by atoms with Crippen molar-refractivity contribution in [3.8, 4) is 17.0 Å². The molecule has 1 fully saturated rings. The fourth-order valence-electron chi connectivity index (χ4n) is 4.55. The highest BCUT2D eigenvalue weighted by Crippen LogP contribution is 2.35. The van der Waals surface area contributed by atoms with Crippen molar-refractivity contribution in [2.24, 2.45) is 7.05 Å². The average Bonchev–Trinajstić information content (AvgIpc) is 3.47.